The quantitative estimate of drug-likeness (QED) is 0.0460. The number of benzene rings is 5. The second-order valence-electron chi connectivity index (χ2n) is 12.5. The maximum absolute atomic E-state index is 14.8. The average molecular weight is 712 g/mol. The summed E-state index contributed by atoms with van der Waals surface area (Å²) >= 11 is 0. The van der Waals surface area contributed by atoms with Crippen molar-refractivity contribution in [3.05, 3.63) is 154 Å². The van der Waals surface area contributed by atoms with Crippen LogP contribution in [0, 0.1) is 0 Å². The van der Waals surface area contributed by atoms with Crippen LogP contribution in [0.2, 0.25) is 0 Å². The number of aliphatic hydroxyl groups is 1. The molecule has 1 heterocycles. The van der Waals surface area contributed by atoms with Crippen LogP contribution < -0.4 is 19.5 Å². The van der Waals surface area contributed by atoms with E-state index in [1.54, 1.807) is 26.4 Å². The maximum Gasteiger partial charge on any atom is 0.252 e. The van der Waals surface area contributed by atoms with Crippen molar-refractivity contribution >= 4 is 17.5 Å². The van der Waals surface area contributed by atoms with Gasteiger partial charge in [-0.2, -0.15) is 0 Å². The molecule has 1 amide bonds. The summed E-state index contributed by atoms with van der Waals surface area (Å²) in [4.78, 5) is 23.0. The van der Waals surface area contributed by atoms with Crippen molar-refractivity contribution in [2.45, 2.75) is 30.9 Å². The van der Waals surface area contributed by atoms with Gasteiger partial charge in [0.25, 0.3) is 5.91 Å². The van der Waals surface area contributed by atoms with E-state index in [1.165, 1.54) is 0 Å². The first kappa shape index (κ1) is 36.5. The molecule has 0 saturated heterocycles. The summed E-state index contributed by atoms with van der Waals surface area (Å²) in [6.45, 7) is 0.724. The molecule has 53 heavy (non-hydrogen) atoms. The van der Waals surface area contributed by atoms with Gasteiger partial charge in [-0.1, -0.05) is 90.0 Å². The van der Waals surface area contributed by atoms with Crippen molar-refractivity contribution in [2.75, 3.05) is 34.0 Å². The van der Waals surface area contributed by atoms with Gasteiger partial charge in [-0.05, 0) is 76.2 Å². The third kappa shape index (κ3) is 8.44. The highest BCUT2D eigenvalue weighted by atomic mass is 16.5. The number of hydrogen-bond donors (Lipinski definition) is 2. The predicted octanol–water partition coefficient (Wildman–Crippen LogP) is 7.93. The number of hydrogen-bond acceptors (Lipinski definition) is 8. The van der Waals surface area contributed by atoms with Crippen LogP contribution >= 0.6 is 0 Å². The van der Waals surface area contributed by atoms with E-state index in [2.05, 4.69) is 15.3 Å². The molecule has 5 aromatic carbocycles. The first-order valence-electron chi connectivity index (χ1n) is 17.4. The molecule has 0 aromatic heterocycles. The van der Waals surface area contributed by atoms with E-state index in [4.69, 9.17) is 29.0 Å². The van der Waals surface area contributed by atoms with Crippen molar-refractivity contribution in [1.82, 2.24) is 5.32 Å². The summed E-state index contributed by atoms with van der Waals surface area (Å²) in [7, 11) is 3.17. The molecule has 0 radical (unpaired) electrons. The lowest BCUT2D eigenvalue weighted by atomic mass is 9.81. The number of carbonyl (C=O) groups excluding carboxylic acids is 1. The van der Waals surface area contributed by atoms with Gasteiger partial charge < -0.3 is 29.4 Å². The summed E-state index contributed by atoms with van der Waals surface area (Å²) < 4.78 is 23.3. The van der Waals surface area contributed by atoms with Gasteiger partial charge >= 0.3 is 0 Å². The highest BCUT2D eigenvalue weighted by molar-refractivity contribution is 6.01. The second kappa shape index (κ2) is 17.3. The van der Waals surface area contributed by atoms with Crippen LogP contribution in [0.25, 0.3) is 21.6 Å². The zero-order valence-electron chi connectivity index (χ0n) is 29.6. The standard InChI is InChI=1S/C42H41N5O6/c1-50-37-22-13-29(27-38(37)51-2)23-24-44-41(49)42(28-34-11-6-7-12-36(34)46-47-43)39(32-16-14-31(15-17-32)30-9-4-3-5-10-30)53-40(45-42)33-18-20-35(21-19-33)52-26-8-25-48/h3-7,9-22,27,39,48H,8,23-26,28H2,1-2H3,(H,44,49)/t39-,42-/m1/s1. The number of aliphatic hydroxyl groups excluding tert-OH is 1. The van der Waals surface area contributed by atoms with Crippen molar-refractivity contribution in [3.8, 4) is 28.4 Å². The van der Waals surface area contributed by atoms with Gasteiger partial charge in [-0.15, -0.1) is 0 Å². The molecule has 2 N–H and O–H groups in total. The largest absolute Gasteiger partial charge is 0.494 e. The zero-order chi connectivity index (χ0) is 37.0. The SMILES string of the molecule is COc1ccc(CCNC(=O)[C@]2(Cc3ccccc3N=[N+]=[N-])N=C(c3ccc(OCCCO)cc3)O[C@@H]2c2ccc(-c3ccccc3)cc2)cc1OC. The topological polar surface area (TPSA) is 147 Å². The Morgan fingerprint density at radius 1 is 0.887 bits per heavy atom. The molecular formula is C42H41N5O6. The van der Waals surface area contributed by atoms with Crippen molar-refractivity contribution in [3.63, 3.8) is 0 Å². The van der Waals surface area contributed by atoms with Gasteiger partial charge in [0.15, 0.2) is 23.1 Å². The number of nitrogens with zero attached hydrogens (tertiary/aromatic N) is 4. The molecule has 0 fully saturated rings. The van der Waals surface area contributed by atoms with Gasteiger partial charge in [0, 0.05) is 42.2 Å². The van der Waals surface area contributed by atoms with Crippen LogP contribution in [0.4, 0.5) is 5.69 Å². The molecule has 5 aromatic rings. The number of nitrogens with one attached hydrogen (secondary N) is 1. The van der Waals surface area contributed by atoms with Crippen LogP contribution in [0.1, 0.15) is 34.8 Å². The number of carbonyl (C=O) groups is 1. The van der Waals surface area contributed by atoms with Crippen molar-refractivity contribution < 1.29 is 28.8 Å². The summed E-state index contributed by atoms with van der Waals surface area (Å²) in [6.07, 6.45) is 0.274. The van der Waals surface area contributed by atoms with Crippen LogP contribution in [0.15, 0.2) is 131 Å². The van der Waals surface area contributed by atoms with Crippen LogP contribution in [-0.4, -0.2) is 56.4 Å². The first-order valence-corrected chi connectivity index (χ1v) is 17.4. The molecule has 0 saturated carbocycles. The minimum absolute atomic E-state index is 0.0394. The normalized spacial score (nSPS) is 16.1. The maximum atomic E-state index is 14.8. The Morgan fingerprint density at radius 3 is 2.30 bits per heavy atom. The lowest BCUT2D eigenvalue weighted by molar-refractivity contribution is -0.128. The summed E-state index contributed by atoms with van der Waals surface area (Å²) in [5.74, 6) is 1.81. The highest BCUT2D eigenvalue weighted by Crippen LogP contribution is 2.44. The second-order valence-corrected chi connectivity index (χ2v) is 12.5. The molecule has 0 bridgehead atoms. The summed E-state index contributed by atoms with van der Waals surface area (Å²) in [5.41, 5.74) is 13.4. The summed E-state index contributed by atoms with van der Waals surface area (Å²) in [5, 5.41) is 16.2. The van der Waals surface area contributed by atoms with Gasteiger partial charge in [0.05, 0.1) is 20.8 Å². The molecule has 0 aliphatic carbocycles. The Hall–Kier alpha value is -6.29. The third-order valence-electron chi connectivity index (χ3n) is 9.10. The molecule has 1 aliphatic heterocycles. The number of aliphatic imine (C=N–C) groups is 1. The van der Waals surface area contributed by atoms with Crippen molar-refractivity contribution in [2.24, 2.45) is 10.1 Å². The molecule has 0 spiro atoms. The van der Waals surface area contributed by atoms with Crippen LogP contribution in [0.5, 0.6) is 17.2 Å². The Bertz CT molecular complexity index is 2080. The Balaban J connectivity index is 1.40. The molecular weight excluding hydrogens is 670 g/mol. The monoisotopic (exact) mass is 711 g/mol. The predicted molar refractivity (Wildman–Crippen MR) is 204 cm³/mol. The molecule has 0 unspecified atom stereocenters. The highest BCUT2D eigenvalue weighted by Gasteiger charge is 2.53. The van der Waals surface area contributed by atoms with E-state index in [-0.39, 0.29) is 18.9 Å². The fourth-order valence-corrected chi connectivity index (χ4v) is 6.37. The molecule has 1 aliphatic rings. The Morgan fingerprint density at radius 2 is 1.58 bits per heavy atom. The minimum atomic E-state index is -1.50. The van der Waals surface area contributed by atoms with Gasteiger partial charge in [-0.25, -0.2) is 4.99 Å². The van der Waals surface area contributed by atoms with E-state index in [0.717, 1.165) is 22.3 Å². The summed E-state index contributed by atoms with van der Waals surface area (Å²) in [6, 6.07) is 38.1. The number of methoxy groups -OCH3 is 2. The molecule has 2 atom stereocenters. The van der Waals surface area contributed by atoms with E-state index in [9.17, 15) is 10.3 Å². The number of amides is 1. The van der Waals surface area contributed by atoms with E-state index >= 15 is 0 Å². The third-order valence-corrected chi connectivity index (χ3v) is 9.10. The van der Waals surface area contributed by atoms with Crippen LogP contribution in [-0.2, 0) is 22.4 Å². The van der Waals surface area contributed by atoms with E-state index < -0.39 is 11.6 Å². The Kier molecular flexibility index (Phi) is 11.9. The Labute approximate surface area is 308 Å². The van der Waals surface area contributed by atoms with E-state index in [1.807, 2.05) is 109 Å². The molecule has 11 nitrogen and oxygen atoms in total. The first-order chi connectivity index (χ1) is 26.0. The molecule has 6 rings (SSSR count). The smallest absolute Gasteiger partial charge is 0.252 e. The average Bonchev–Trinajstić information content (AvgIpc) is 3.59. The van der Waals surface area contributed by atoms with Gasteiger partial charge in [-0.3, -0.25) is 4.79 Å². The van der Waals surface area contributed by atoms with Crippen molar-refractivity contribution in [1.29, 1.82) is 0 Å². The zero-order valence-corrected chi connectivity index (χ0v) is 29.6. The minimum Gasteiger partial charge on any atom is -0.494 e. The number of rotatable bonds is 16. The number of ether oxygens (including phenoxy) is 4. The fraction of sp³-hybridized carbons (Fsp3) is 0.238. The lowest BCUT2D eigenvalue weighted by Gasteiger charge is -2.31. The fourth-order valence-electron chi connectivity index (χ4n) is 6.37. The lowest BCUT2D eigenvalue weighted by Crippen LogP contribution is -2.50. The van der Waals surface area contributed by atoms with E-state index in [0.29, 0.717) is 66.0 Å². The molecule has 11 heteroatoms. The van der Waals surface area contributed by atoms with Gasteiger partial charge in [0.2, 0.25) is 5.90 Å². The van der Waals surface area contributed by atoms with Crippen LogP contribution in [0.3, 0.4) is 0 Å². The molecule has 270 valence electrons. The van der Waals surface area contributed by atoms with Gasteiger partial charge in [0.1, 0.15) is 5.75 Å². The number of azide groups is 1.